The van der Waals surface area contributed by atoms with Crippen LogP contribution in [0.15, 0.2) is 54.6 Å². The Bertz CT molecular complexity index is 963. The number of anilines is 1. The Kier molecular flexibility index (Phi) is 4.58. The number of hydrazine groups is 1. The molecule has 0 atom stereocenters. The van der Waals surface area contributed by atoms with Crippen LogP contribution in [0.5, 0.6) is 0 Å². The van der Waals surface area contributed by atoms with Crippen molar-refractivity contribution in [3.05, 3.63) is 107 Å². The maximum absolute atomic E-state index is 13.3. The van der Waals surface area contributed by atoms with Crippen molar-refractivity contribution in [3.8, 4) is 0 Å². The molecule has 1 radical (unpaired) electrons. The zero-order valence-electron chi connectivity index (χ0n) is 14.1. The smallest absolute Gasteiger partial charge is 0.126 e. The zero-order valence-corrected chi connectivity index (χ0v) is 14.1. The molecule has 0 amide bonds. The molecule has 0 saturated heterocycles. The van der Waals surface area contributed by atoms with Gasteiger partial charge in [-0.25, -0.2) is 22.6 Å². The average molecular weight is 371 g/mol. The summed E-state index contributed by atoms with van der Waals surface area (Å²) in [5.41, 5.74) is 6.82. The van der Waals surface area contributed by atoms with Gasteiger partial charge in [-0.05, 0) is 59.0 Å². The third kappa shape index (κ3) is 4.11. The van der Waals surface area contributed by atoms with Gasteiger partial charge in [0.15, 0.2) is 0 Å². The molecule has 0 fully saturated rings. The van der Waals surface area contributed by atoms with Gasteiger partial charge in [0.2, 0.25) is 0 Å². The lowest BCUT2D eigenvalue weighted by Gasteiger charge is -2.16. The van der Waals surface area contributed by atoms with Gasteiger partial charge in [0.05, 0.1) is 12.2 Å². The minimum Gasteiger partial charge on any atom is -0.318 e. The van der Waals surface area contributed by atoms with Crippen LogP contribution in [-0.4, -0.2) is 5.01 Å². The zero-order chi connectivity index (χ0) is 19.0. The molecule has 0 aromatic heterocycles. The molecule has 3 aromatic rings. The summed E-state index contributed by atoms with van der Waals surface area (Å²) in [7, 11) is 0. The van der Waals surface area contributed by atoms with Crippen LogP contribution >= 0.6 is 0 Å². The van der Waals surface area contributed by atoms with Crippen LogP contribution in [-0.2, 0) is 13.0 Å². The molecular formula is C21H15F4N2. The van der Waals surface area contributed by atoms with E-state index in [-0.39, 0.29) is 6.54 Å². The summed E-state index contributed by atoms with van der Waals surface area (Å²) in [5.74, 6) is -2.45. The quantitative estimate of drug-likeness (QED) is 0.635. The van der Waals surface area contributed by atoms with E-state index in [1.54, 1.807) is 5.01 Å². The molecule has 1 aliphatic rings. The fourth-order valence-electron chi connectivity index (χ4n) is 3.21. The van der Waals surface area contributed by atoms with Crippen LogP contribution in [0, 0.1) is 29.8 Å². The number of nitrogens with one attached hydrogen (secondary N) is 1. The van der Waals surface area contributed by atoms with Crippen molar-refractivity contribution < 1.29 is 17.6 Å². The van der Waals surface area contributed by atoms with Gasteiger partial charge in [0.1, 0.15) is 23.3 Å². The number of hydrogen-bond acceptors (Lipinski definition) is 2. The van der Waals surface area contributed by atoms with Crippen molar-refractivity contribution in [3.63, 3.8) is 0 Å². The lowest BCUT2D eigenvalue weighted by Crippen LogP contribution is -2.21. The maximum Gasteiger partial charge on any atom is 0.126 e. The molecule has 1 heterocycles. The molecular weight excluding hydrogens is 356 g/mol. The molecule has 3 aromatic carbocycles. The topological polar surface area (TPSA) is 15.3 Å². The minimum atomic E-state index is -0.619. The van der Waals surface area contributed by atoms with Gasteiger partial charge in [0.25, 0.3) is 0 Å². The van der Waals surface area contributed by atoms with Gasteiger partial charge in [-0.15, -0.1) is 0 Å². The van der Waals surface area contributed by atoms with Crippen molar-refractivity contribution in [2.75, 3.05) is 5.43 Å². The maximum atomic E-state index is 13.3. The second kappa shape index (κ2) is 7.04. The molecule has 1 N–H and O–H groups in total. The lowest BCUT2D eigenvalue weighted by atomic mass is 10.0. The fraction of sp³-hybridized carbons (Fsp3) is 0.0952. The standard InChI is InChI=1S/C21H15F4N2/c22-17-4-14(5-18(23)9-17)3-13-1-2-16-12-27(26-21(16)8-13)11-15-6-19(24)10-20(25)7-15/h1-2,4-10,12,26H,3,11H2. The first-order chi connectivity index (χ1) is 12.9. The molecule has 0 aliphatic carbocycles. The van der Waals surface area contributed by atoms with Gasteiger partial charge in [0, 0.05) is 18.7 Å². The number of rotatable bonds is 4. The molecule has 0 unspecified atom stereocenters. The van der Waals surface area contributed by atoms with Crippen LogP contribution in [0.1, 0.15) is 22.3 Å². The van der Waals surface area contributed by atoms with Crippen LogP contribution in [0.3, 0.4) is 0 Å². The Balaban J connectivity index is 1.48. The molecule has 27 heavy (non-hydrogen) atoms. The summed E-state index contributed by atoms with van der Waals surface area (Å²) in [6.07, 6.45) is 0.388. The Hall–Kier alpha value is -2.86. The van der Waals surface area contributed by atoms with E-state index in [2.05, 4.69) is 5.43 Å². The summed E-state index contributed by atoms with van der Waals surface area (Å²) in [6, 6.07) is 12.5. The third-order valence-corrected chi connectivity index (χ3v) is 4.28. The SMILES string of the molecule is Fc1cc(F)cc(Cc2ccc3c(c2)NN(Cc2cc(F)cc(F)c2)[CH]3)c1. The number of nitrogens with zero attached hydrogens (tertiary/aromatic N) is 1. The van der Waals surface area contributed by atoms with Gasteiger partial charge >= 0.3 is 0 Å². The van der Waals surface area contributed by atoms with E-state index < -0.39 is 23.3 Å². The molecule has 0 bridgehead atoms. The highest BCUT2D eigenvalue weighted by molar-refractivity contribution is 5.60. The minimum absolute atomic E-state index is 0.286. The first-order valence-corrected chi connectivity index (χ1v) is 8.36. The van der Waals surface area contributed by atoms with Gasteiger partial charge in [-0.1, -0.05) is 12.1 Å². The van der Waals surface area contributed by atoms with Crippen molar-refractivity contribution in [2.24, 2.45) is 0 Å². The monoisotopic (exact) mass is 371 g/mol. The Morgan fingerprint density at radius 1 is 0.667 bits per heavy atom. The van der Waals surface area contributed by atoms with Gasteiger partial charge in [-0.2, -0.15) is 0 Å². The first kappa shape index (κ1) is 17.5. The summed E-state index contributed by atoms with van der Waals surface area (Å²) < 4.78 is 53.4. The largest absolute Gasteiger partial charge is 0.318 e. The van der Waals surface area contributed by atoms with Crippen LogP contribution in [0.2, 0.25) is 0 Å². The molecule has 4 rings (SSSR count). The second-order valence-electron chi connectivity index (χ2n) is 6.52. The highest BCUT2D eigenvalue weighted by atomic mass is 19.1. The molecule has 1 aliphatic heterocycles. The molecule has 6 heteroatoms. The molecule has 2 nitrogen and oxygen atoms in total. The van der Waals surface area contributed by atoms with E-state index in [0.29, 0.717) is 17.5 Å². The van der Waals surface area contributed by atoms with E-state index >= 15 is 0 Å². The van der Waals surface area contributed by atoms with Crippen LogP contribution in [0.25, 0.3) is 0 Å². The van der Waals surface area contributed by atoms with Gasteiger partial charge < -0.3 is 5.43 Å². The summed E-state index contributed by atoms with van der Waals surface area (Å²) in [4.78, 5) is 0. The Labute approximate surface area is 154 Å². The summed E-state index contributed by atoms with van der Waals surface area (Å²) >= 11 is 0. The lowest BCUT2D eigenvalue weighted by molar-refractivity contribution is 0.421. The molecule has 0 spiro atoms. The first-order valence-electron chi connectivity index (χ1n) is 8.36. The average Bonchev–Trinajstić information content (AvgIpc) is 2.94. The fourth-order valence-corrected chi connectivity index (χ4v) is 3.21. The number of fused-ring (bicyclic) bond motifs is 1. The normalized spacial score (nSPS) is 13.5. The molecule has 137 valence electrons. The second-order valence-corrected chi connectivity index (χ2v) is 6.52. The van der Waals surface area contributed by atoms with Crippen molar-refractivity contribution >= 4 is 5.69 Å². The highest BCUT2D eigenvalue weighted by Gasteiger charge is 2.20. The number of halogens is 4. The van der Waals surface area contributed by atoms with E-state index in [9.17, 15) is 17.6 Å². The number of hydrogen-bond donors (Lipinski definition) is 1. The third-order valence-electron chi connectivity index (χ3n) is 4.28. The van der Waals surface area contributed by atoms with E-state index in [0.717, 1.165) is 28.9 Å². The Morgan fingerprint density at radius 3 is 1.89 bits per heavy atom. The van der Waals surface area contributed by atoms with Crippen molar-refractivity contribution in [2.45, 2.75) is 13.0 Å². The predicted octanol–water partition coefficient (Wildman–Crippen LogP) is 5.19. The van der Waals surface area contributed by atoms with E-state index in [4.69, 9.17) is 0 Å². The number of benzene rings is 3. The molecule has 0 saturated carbocycles. The van der Waals surface area contributed by atoms with Crippen LogP contribution < -0.4 is 5.43 Å². The van der Waals surface area contributed by atoms with E-state index in [1.165, 1.54) is 24.3 Å². The Morgan fingerprint density at radius 2 is 1.26 bits per heavy atom. The summed E-state index contributed by atoms with van der Waals surface area (Å²) in [5, 5.41) is 1.73. The van der Waals surface area contributed by atoms with Crippen molar-refractivity contribution in [1.29, 1.82) is 0 Å². The van der Waals surface area contributed by atoms with Gasteiger partial charge in [-0.3, -0.25) is 0 Å². The van der Waals surface area contributed by atoms with E-state index in [1.807, 2.05) is 24.7 Å². The highest BCUT2D eigenvalue weighted by Crippen LogP contribution is 2.30. The predicted molar refractivity (Wildman–Crippen MR) is 94.5 cm³/mol. The van der Waals surface area contributed by atoms with Crippen LogP contribution in [0.4, 0.5) is 23.2 Å². The van der Waals surface area contributed by atoms with Crippen molar-refractivity contribution in [1.82, 2.24) is 5.01 Å². The summed E-state index contributed by atoms with van der Waals surface area (Å²) in [6.45, 7) is 2.12.